The first-order valence-corrected chi connectivity index (χ1v) is 7.55. The predicted octanol–water partition coefficient (Wildman–Crippen LogP) is 4.62. The number of fused-ring (bicyclic) bond motifs is 1. The molecule has 4 nitrogen and oxygen atoms in total. The number of furan rings is 1. The van der Waals surface area contributed by atoms with Gasteiger partial charge in [-0.25, -0.2) is 4.79 Å². The van der Waals surface area contributed by atoms with Crippen LogP contribution in [-0.4, -0.2) is 17.7 Å². The zero-order valence-electron chi connectivity index (χ0n) is 12.4. The van der Waals surface area contributed by atoms with Crippen LogP contribution in [0, 0.1) is 0 Å². The second kappa shape index (κ2) is 7.84. The molecule has 2 aromatic rings. The lowest BCUT2D eigenvalue weighted by atomic mass is 10.1. The van der Waals surface area contributed by atoms with Crippen LogP contribution in [0.5, 0.6) is 0 Å². The summed E-state index contributed by atoms with van der Waals surface area (Å²) in [5, 5.41) is 9.97. The lowest BCUT2D eigenvalue weighted by Gasteiger charge is -2.03. The Balaban J connectivity index is 1.92. The van der Waals surface area contributed by atoms with E-state index >= 15 is 0 Å². The molecule has 0 bridgehead atoms. The first kappa shape index (κ1) is 15.6. The third-order valence-electron chi connectivity index (χ3n) is 3.51. The van der Waals surface area contributed by atoms with Gasteiger partial charge in [0, 0.05) is 12.0 Å². The number of carboxylic acids is 1. The molecule has 1 aromatic heterocycles. The van der Waals surface area contributed by atoms with E-state index in [0.29, 0.717) is 23.3 Å². The summed E-state index contributed by atoms with van der Waals surface area (Å²) in [6.45, 7) is 3.04. The van der Waals surface area contributed by atoms with Gasteiger partial charge in [-0.15, -0.1) is 0 Å². The number of hydrogen-bond acceptors (Lipinski definition) is 3. The summed E-state index contributed by atoms with van der Waals surface area (Å²) in [5.74, 6) is -0.571. The molecule has 0 aliphatic rings. The third kappa shape index (κ3) is 4.08. The molecule has 2 rings (SSSR count). The van der Waals surface area contributed by atoms with Crippen LogP contribution in [0.1, 0.15) is 55.1 Å². The van der Waals surface area contributed by atoms with Crippen molar-refractivity contribution in [3.8, 4) is 0 Å². The molecule has 0 saturated carbocycles. The smallest absolute Gasteiger partial charge is 0.340 e. The highest BCUT2D eigenvalue weighted by Gasteiger charge is 2.19. The van der Waals surface area contributed by atoms with Crippen LogP contribution >= 0.6 is 0 Å². The maximum absolute atomic E-state index is 11.4. The fourth-order valence-corrected chi connectivity index (χ4v) is 2.40. The van der Waals surface area contributed by atoms with E-state index in [1.54, 1.807) is 12.1 Å². The highest BCUT2D eigenvalue weighted by atomic mass is 16.5. The van der Waals surface area contributed by atoms with Crippen LogP contribution in [0.25, 0.3) is 11.0 Å². The van der Waals surface area contributed by atoms with Gasteiger partial charge in [0.2, 0.25) is 0 Å². The quantitative estimate of drug-likeness (QED) is 0.685. The molecule has 1 N–H and O–H groups in total. The van der Waals surface area contributed by atoms with E-state index in [-0.39, 0.29) is 12.2 Å². The summed E-state index contributed by atoms with van der Waals surface area (Å²) in [7, 11) is 0. The average Bonchev–Trinajstić information content (AvgIpc) is 2.84. The number of hydrogen-bond donors (Lipinski definition) is 1. The Kier molecular flexibility index (Phi) is 5.81. The van der Waals surface area contributed by atoms with Gasteiger partial charge in [-0.1, -0.05) is 50.8 Å². The van der Waals surface area contributed by atoms with Crippen LogP contribution < -0.4 is 0 Å². The highest BCUT2D eigenvalue weighted by molar-refractivity contribution is 6.03. The van der Waals surface area contributed by atoms with Crippen LogP contribution in [-0.2, 0) is 11.3 Å². The SMILES string of the molecule is CCCCCCCOCc1oc2ccccc2c1C(=O)O. The molecule has 0 aliphatic heterocycles. The number of ether oxygens (including phenoxy) is 1. The summed E-state index contributed by atoms with van der Waals surface area (Å²) >= 11 is 0. The van der Waals surface area contributed by atoms with E-state index in [0.717, 1.165) is 12.8 Å². The maximum atomic E-state index is 11.4. The largest absolute Gasteiger partial charge is 0.478 e. The van der Waals surface area contributed by atoms with Crippen molar-refractivity contribution in [3.63, 3.8) is 0 Å². The lowest BCUT2D eigenvalue weighted by Crippen LogP contribution is -2.02. The zero-order chi connectivity index (χ0) is 15.1. The molecule has 0 unspecified atom stereocenters. The minimum atomic E-state index is -0.971. The minimum Gasteiger partial charge on any atom is -0.478 e. The average molecular weight is 290 g/mol. The number of carbonyl (C=O) groups is 1. The van der Waals surface area contributed by atoms with Crippen molar-refractivity contribution in [2.45, 2.75) is 45.6 Å². The number of para-hydroxylation sites is 1. The monoisotopic (exact) mass is 290 g/mol. The van der Waals surface area contributed by atoms with Gasteiger partial charge in [0.25, 0.3) is 0 Å². The summed E-state index contributed by atoms with van der Waals surface area (Å²) in [5.41, 5.74) is 0.813. The summed E-state index contributed by atoms with van der Waals surface area (Å²) in [4.78, 5) is 11.4. The summed E-state index contributed by atoms with van der Waals surface area (Å²) in [6.07, 6.45) is 5.86. The first-order chi connectivity index (χ1) is 10.2. The number of benzene rings is 1. The van der Waals surface area contributed by atoms with E-state index in [4.69, 9.17) is 9.15 Å². The molecule has 0 saturated heterocycles. The Hall–Kier alpha value is -1.81. The van der Waals surface area contributed by atoms with Crippen molar-refractivity contribution >= 4 is 16.9 Å². The van der Waals surface area contributed by atoms with Crippen LogP contribution in [0.2, 0.25) is 0 Å². The second-order valence-electron chi connectivity index (χ2n) is 5.17. The fourth-order valence-electron chi connectivity index (χ4n) is 2.40. The molecule has 1 heterocycles. The zero-order valence-corrected chi connectivity index (χ0v) is 12.4. The predicted molar refractivity (Wildman–Crippen MR) is 81.6 cm³/mol. The van der Waals surface area contributed by atoms with Gasteiger partial charge < -0.3 is 14.3 Å². The first-order valence-electron chi connectivity index (χ1n) is 7.55. The molecule has 21 heavy (non-hydrogen) atoms. The van der Waals surface area contributed by atoms with Crippen molar-refractivity contribution < 1.29 is 19.1 Å². The maximum Gasteiger partial charge on any atom is 0.340 e. The van der Waals surface area contributed by atoms with Gasteiger partial charge in [0.1, 0.15) is 23.5 Å². The number of aromatic carboxylic acids is 1. The van der Waals surface area contributed by atoms with E-state index < -0.39 is 5.97 Å². The topological polar surface area (TPSA) is 59.7 Å². The van der Waals surface area contributed by atoms with E-state index in [1.807, 2.05) is 12.1 Å². The van der Waals surface area contributed by atoms with Gasteiger partial charge in [0.15, 0.2) is 0 Å². The van der Waals surface area contributed by atoms with Crippen molar-refractivity contribution in [3.05, 3.63) is 35.6 Å². The van der Waals surface area contributed by atoms with Gasteiger partial charge in [0.05, 0.1) is 0 Å². The molecule has 0 amide bonds. The number of rotatable bonds is 9. The summed E-state index contributed by atoms with van der Waals surface area (Å²) in [6, 6.07) is 7.17. The Bertz CT molecular complexity index is 585. The van der Waals surface area contributed by atoms with E-state index in [2.05, 4.69) is 6.92 Å². The molecule has 4 heteroatoms. The molecule has 0 aliphatic carbocycles. The van der Waals surface area contributed by atoms with Gasteiger partial charge in [-0.05, 0) is 12.5 Å². The van der Waals surface area contributed by atoms with Crippen molar-refractivity contribution in [2.24, 2.45) is 0 Å². The molecule has 0 spiro atoms. The van der Waals surface area contributed by atoms with Crippen LogP contribution in [0.3, 0.4) is 0 Å². The molecular formula is C17H22O4. The Morgan fingerprint density at radius 3 is 2.71 bits per heavy atom. The minimum absolute atomic E-state index is 0.212. The molecular weight excluding hydrogens is 268 g/mol. The molecule has 0 radical (unpaired) electrons. The molecule has 0 fully saturated rings. The molecule has 114 valence electrons. The lowest BCUT2D eigenvalue weighted by molar-refractivity contribution is 0.0680. The third-order valence-corrected chi connectivity index (χ3v) is 3.51. The van der Waals surface area contributed by atoms with Crippen LogP contribution in [0.4, 0.5) is 0 Å². The number of unbranched alkanes of at least 4 members (excludes halogenated alkanes) is 4. The Labute approximate surface area is 124 Å². The van der Waals surface area contributed by atoms with Gasteiger partial charge >= 0.3 is 5.97 Å². The fraction of sp³-hybridized carbons (Fsp3) is 0.471. The van der Waals surface area contributed by atoms with E-state index in [9.17, 15) is 9.90 Å². The van der Waals surface area contributed by atoms with Crippen molar-refractivity contribution in [2.75, 3.05) is 6.61 Å². The normalized spacial score (nSPS) is 11.1. The van der Waals surface area contributed by atoms with E-state index in [1.165, 1.54) is 19.3 Å². The second-order valence-corrected chi connectivity index (χ2v) is 5.17. The van der Waals surface area contributed by atoms with Gasteiger partial charge in [-0.2, -0.15) is 0 Å². The standard InChI is InChI=1S/C17H22O4/c1-2-3-4-5-8-11-20-12-15-16(17(18)19)13-9-6-7-10-14(13)21-15/h6-7,9-10H,2-5,8,11-12H2,1H3,(H,18,19). The summed E-state index contributed by atoms with van der Waals surface area (Å²) < 4.78 is 11.2. The van der Waals surface area contributed by atoms with Crippen molar-refractivity contribution in [1.29, 1.82) is 0 Å². The molecule has 0 atom stereocenters. The van der Waals surface area contributed by atoms with Crippen LogP contribution in [0.15, 0.2) is 28.7 Å². The highest BCUT2D eigenvalue weighted by Crippen LogP contribution is 2.26. The Morgan fingerprint density at radius 1 is 1.19 bits per heavy atom. The number of carboxylic acid groups (broad SMARTS) is 1. The van der Waals surface area contributed by atoms with Gasteiger partial charge in [-0.3, -0.25) is 0 Å². The molecule has 1 aromatic carbocycles. The van der Waals surface area contributed by atoms with Crippen molar-refractivity contribution in [1.82, 2.24) is 0 Å². The Morgan fingerprint density at radius 2 is 1.95 bits per heavy atom.